The molecule has 3 aromatic rings. The molecule has 1 amide bonds. The lowest BCUT2D eigenvalue weighted by molar-refractivity contribution is 0.0925. The van der Waals surface area contributed by atoms with E-state index in [1.807, 2.05) is 25.1 Å². The summed E-state index contributed by atoms with van der Waals surface area (Å²) in [5.41, 5.74) is 1.39. The van der Waals surface area contributed by atoms with Gasteiger partial charge in [-0.3, -0.25) is 9.69 Å². The van der Waals surface area contributed by atoms with Crippen molar-refractivity contribution in [3.8, 4) is 0 Å². The maximum atomic E-state index is 12.5. The molecular formula is C21H24ClN5O2. The second-order valence-corrected chi connectivity index (χ2v) is 7.57. The SMILES string of the molecule is Cc1c(C(=O)NCCCN2CCN(c3ncccn3)CC2)oc2c(Cl)cccc12. The summed E-state index contributed by atoms with van der Waals surface area (Å²) >= 11 is 6.17. The number of nitrogens with one attached hydrogen (secondary N) is 1. The van der Waals surface area contributed by atoms with Gasteiger partial charge < -0.3 is 14.6 Å². The summed E-state index contributed by atoms with van der Waals surface area (Å²) in [7, 11) is 0. The van der Waals surface area contributed by atoms with Crippen molar-refractivity contribution in [1.82, 2.24) is 20.2 Å². The van der Waals surface area contributed by atoms with E-state index in [-0.39, 0.29) is 5.91 Å². The second-order valence-electron chi connectivity index (χ2n) is 7.16. The molecule has 1 fully saturated rings. The molecule has 0 unspecified atom stereocenters. The summed E-state index contributed by atoms with van der Waals surface area (Å²) in [4.78, 5) is 25.7. The van der Waals surface area contributed by atoms with Crippen molar-refractivity contribution in [2.24, 2.45) is 0 Å². The summed E-state index contributed by atoms with van der Waals surface area (Å²) in [5, 5.41) is 4.36. The van der Waals surface area contributed by atoms with Crippen molar-refractivity contribution in [3.63, 3.8) is 0 Å². The number of carbonyl (C=O) groups is 1. The molecule has 1 saturated heterocycles. The van der Waals surface area contributed by atoms with Gasteiger partial charge in [0.2, 0.25) is 5.95 Å². The van der Waals surface area contributed by atoms with Crippen LogP contribution < -0.4 is 10.2 Å². The quantitative estimate of drug-likeness (QED) is 0.626. The number of carbonyl (C=O) groups excluding carboxylic acids is 1. The van der Waals surface area contributed by atoms with Gasteiger partial charge in [0.15, 0.2) is 11.3 Å². The smallest absolute Gasteiger partial charge is 0.287 e. The minimum absolute atomic E-state index is 0.194. The van der Waals surface area contributed by atoms with E-state index in [0.29, 0.717) is 22.9 Å². The number of anilines is 1. The summed E-state index contributed by atoms with van der Waals surface area (Å²) in [6.45, 7) is 7.18. The van der Waals surface area contributed by atoms with E-state index < -0.39 is 0 Å². The van der Waals surface area contributed by atoms with Gasteiger partial charge in [-0.15, -0.1) is 0 Å². The zero-order valence-corrected chi connectivity index (χ0v) is 17.2. The van der Waals surface area contributed by atoms with Crippen LogP contribution in [0.15, 0.2) is 41.1 Å². The Morgan fingerprint density at radius 3 is 2.66 bits per heavy atom. The Kier molecular flexibility index (Phi) is 5.97. The van der Waals surface area contributed by atoms with Crippen LogP contribution in [0.1, 0.15) is 22.5 Å². The van der Waals surface area contributed by atoms with Crippen molar-refractivity contribution in [2.45, 2.75) is 13.3 Å². The van der Waals surface area contributed by atoms with Crippen molar-refractivity contribution in [2.75, 3.05) is 44.2 Å². The van der Waals surface area contributed by atoms with E-state index in [1.54, 1.807) is 18.5 Å². The van der Waals surface area contributed by atoms with Crippen LogP contribution in [0.3, 0.4) is 0 Å². The third kappa shape index (κ3) is 4.36. The zero-order valence-electron chi connectivity index (χ0n) is 16.4. The Morgan fingerprint density at radius 2 is 1.93 bits per heavy atom. The van der Waals surface area contributed by atoms with E-state index >= 15 is 0 Å². The number of fused-ring (bicyclic) bond motifs is 1. The number of nitrogens with zero attached hydrogens (tertiary/aromatic N) is 4. The van der Waals surface area contributed by atoms with Crippen LogP contribution in [-0.4, -0.2) is 60.0 Å². The molecule has 0 bridgehead atoms. The van der Waals surface area contributed by atoms with Crippen LogP contribution in [-0.2, 0) is 0 Å². The lowest BCUT2D eigenvalue weighted by atomic mass is 10.1. The third-order valence-corrected chi connectivity index (χ3v) is 5.56. The number of hydrogen-bond donors (Lipinski definition) is 1. The molecule has 1 aliphatic rings. The van der Waals surface area contributed by atoms with Gasteiger partial charge in [-0.1, -0.05) is 23.7 Å². The molecule has 0 saturated carbocycles. The number of hydrogen-bond acceptors (Lipinski definition) is 6. The molecule has 152 valence electrons. The van der Waals surface area contributed by atoms with Gasteiger partial charge in [0.25, 0.3) is 5.91 Å². The van der Waals surface area contributed by atoms with Crippen molar-refractivity contribution >= 4 is 34.4 Å². The first-order valence-corrected chi connectivity index (χ1v) is 10.2. The van der Waals surface area contributed by atoms with Crippen LogP contribution in [0.2, 0.25) is 5.02 Å². The van der Waals surface area contributed by atoms with Crippen LogP contribution in [0.4, 0.5) is 5.95 Å². The fourth-order valence-electron chi connectivity index (χ4n) is 3.64. The number of rotatable bonds is 6. The van der Waals surface area contributed by atoms with E-state index in [2.05, 4.69) is 25.1 Å². The minimum atomic E-state index is -0.194. The number of furan rings is 1. The van der Waals surface area contributed by atoms with Crippen molar-refractivity contribution < 1.29 is 9.21 Å². The molecule has 0 spiro atoms. The number of amides is 1. The Labute approximate surface area is 174 Å². The normalized spacial score (nSPS) is 15.0. The summed E-state index contributed by atoms with van der Waals surface area (Å²) in [6, 6.07) is 7.36. The van der Waals surface area contributed by atoms with Gasteiger partial charge in [-0.05, 0) is 32.0 Å². The summed E-state index contributed by atoms with van der Waals surface area (Å²) < 4.78 is 5.72. The maximum Gasteiger partial charge on any atom is 0.287 e. The highest BCUT2D eigenvalue weighted by atomic mass is 35.5. The van der Waals surface area contributed by atoms with Crippen LogP contribution >= 0.6 is 11.6 Å². The molecule has 1 N–H and O–H groups in total. The van der Waals surface area contributed by atoms with Crippen molar-refractivity contribution in [3.05, 3.63) is 53.0 Å². The molecule has 0 atom stereocenters. The highest BCUT2D eigenvalue weighted by Gasteiger charge is 2.20. The number of benzene rings is 1. The Morgan fingerprint density at radius 1 is 1.17 bits per heavy atom. The minimum Gasteiger partial charge on any atom is -0.449 e. The van der Waals surface area contributed by atoms with E-state index in [0.717, 1.165) is 56.0 Å². The first kappa shape index (κ1) is 19.7. The molecule has 3 heterocycles. The molecule has 4 rings (SSSR count). The highest BCUT2D eigenvalue weighted by Crippen LogP contribution is 2.30. The average molecular weight is 414 g/mol. The second kappa shape index (κ2) is 8.80. The number of para-hydroxylation sites is 1. The van der Waals surface area contributed by atoms with Gasteiger partial charge >= 0.3 is 0 Å². The molecule has 1 aromatic carbocycles. The Bertz CT molecular complexity index is 983. The Hall–Kier alpha value is -2.64. The van der Waals surface area contributed by atoms with Crippen LogP contribution in [0.25, 0.3) is 11.0 Å². The van der Waals surface area contributed by atoms with E-state index in [1.165, 1.54) is 0 Å². The molecule has 8 heteroatoms. The van der Waals surface area contributed by atoms with E-state index in [4.69, 9.17) is 16.0 Å². The standard InChI is InChI=1S/C21H24ClN5O2/c1-15-16-5-2-6-17(22)19(16)29-18(15)20(28)23-9-4-10-26-11-13-27(14-12-26)21-24-7-3-8-25-21/h2-3,5-8H,4,9-14H2,1H3,(H,23,28). The predicted molar refractivity (Wildman–Crippen MR) is 114 cm³/mol. The molecule has 29 heavy (non-hydrogen) atoms. The largest absolute Gasteiger partial charge is 0.449 e. The fourth-order valence-corrected chi connectivity index (χ4v) is 3.85. The fraction of sp³-hybridized carbons (Fsp3) is 0.381. The number of halogens is 1. The highest BCUT2D eigenvalue weighted by molar-refractivity contribution is 6.35. The topological polar surface area (TPSA) is 74.5 Å². The molecular weight excluding hydrogens is 390 g/mol. The number of aryl methyl sites for hydroxylation is 1. The van der Waals surface area contributed by atoms with Gasteiger partial charge in [0, 0.05) is 56.1 Å². The maximum absolute atomic E-state index is 12.5. The average Bonchev–Trinajstić information content (AvgIpc) is 3.10. The van der Waals surface area contributed by atoms with E-state index in [9.17, 15) is 4.79 Å². The monoisotopic (exact) mass is 413 g/mol. The lowest BCUT2D eigenvalue weighted by Gasteiger charge is -2.34. The lowest BCUT2D eigenvalue weighted by Crippen LogP contribution is -2.47. The molecule has 2 aromatic heterocycles. The molecule has 1 aliphatic heterocycles. The first-order valence-electron chi connectivity index (χ1n) is 9.83. The number of piperazine rings is 1. The number of aromatic nitrogens is 2. The summed E-state index contributed by atoms with van der Waals surface area (Å²) in [6.07, 6.45) is 4.43. The van der Waals surface area contributed by atoms with Crippen molar-refractivity contribution in [1.29, 1.82) is 0 Å². The van der Waals surface area contributed by atoms with Crippen LogP contribution in [0.5, 0.6) is 0 Å². The predicted octanol–water partition coefficient (Wildman–Crippen LogP) is 3.13. The Balaban J connectivity index is 1.23. The van der Waals surface area contributed by atoms with Gasteiger partial charge in [-0.2, -0.15) is 0 Å². The molecule has 7 nitrogen and oxygen atoms in total. The van der Waals surface area contributed by atoms with Gasteiger partial charge in [-0.25, -0.2) is 9.97 Å². The third-order valence-electron chi connectivity index (χ3n) is 5.27. The molecule has 0 aliphatic carbocycles. The first-order chi connectivity index (χ1) is 14.1. The van der Waals surface area contributed by atoms with Gasteiger partial charge in [0.05, 0.1) is 5.02 Å². The van der Waals surface area contributed by atoms with Crippen LogP contribution in [0, 0.1) is 6.92 Å². The van der Waals surface area contributed by atoms with Gasteiger partial charge in [0.1, 0.15) is 0 Å². The molecule has 0 radical (unpaired) electrons. The zero-order chi connectivity index (χ0) is 20.2. The summed E-state index contributed by atoms with van der Waals surface area (Å²) in [5.74, 6) is 0.936.